The lowest BCUT2D eigenvalue weighted by atomic mass is 10.2. The average molecular weight is 331 g/mol. The molecule has 0 aliphatic rings. The summed E-state index contributed by atoms with van der Waals surface area (Å²) in [7, 11) is -3.40. The lowest BCUT2D eigenvalue weighted by molar-refractivity contribution is 0.539. The molecule has 0 aliphatic heterocycles. The molecule has 0 spiro atoms. The van der Waals surface area contributed by atoms with Crippen LogP contribution in [0, 0.1) is 5.92 Å². The van der Waals surface area contributed by atoms with Crippen molar-refractivity contribution in [1.82, 2.24) is 8.96 Å². The van der Waals surface area contributed by atoms with E-state index in [-0.39, 0.29) is 5.92 Å². The van der Waals surface area contributed by atoms with Crippen molar-refractivity contribution in [3.63, 3.8) is 0 Å². The Morgan fingerprint density at radius 2 is 1.94 bits per heavy atom. The fraction of sp³-hybridized carbons (Fsp3) is 0.417. The van der Waals surface area contributed by atoms with Crippen LogP contribution in [0.25, 0.3) is 11.0 Å². The van der Waals surface area contributed by atoms with Crippen LogP contribution in [0.2, 0.25) is 0 Å². The molecule has 98 valence electrons. The Morgan fingerprint density at radius 1 is 1.28 bits per heavy atom. The summed E-state index contributed by atoms with van der Waals surface area (Å²) in [5.41, 5.74) is 0.469. The number of nitrogens with zero attached hydrogens (tertiary/aromatic N) is 2. The number of hydrogen-bond acceptors (Lipinski definition) is 3. The first kappa shape index (κ1) is 13.5. The molecule has 18 heavy (non-hydrogen) atoms. The van der Waals surface area contributed by atoms with Gasteiger partial charge in [0.05, 0.1) is 5.25 Å². The molecule has 2 aromatic rings. The largest absolute Gasteiger partial charge is 0.243 e. The Kier molecular flexibility index (Phi) is 3.51. The molecule has 0 saturated carbocycles. The van der Waals surface area contributed by atoms with Gasteiger partial charge in [-0.05, 0) is 40.9 Å². The maximum Gasteiger partial charge on any atom is 0.243 e. The first-order valence-corrected chi connectivity index (χ1v) is 8.01. The molecule has 0 amide bonds. The lowest BCUT2D eigenvalue weighted by Gasteiger charge is -2.17. The Balaban J connectivity index is 2.66. The maximum absolute atomic E-state index is 12.5. The van der Waals surface area contributed by atoms with Crippen LogP contribution >= 0.6 is 15.9 Å². The summed E-state index contributed by atoms with van der Waals surface area (Å²) < 4.78 is 27.1. The molecule has 2 heterocycles. The minimum absolute atomic E-state index is 0.0552. The van der Waals surface area contributed by atoms with Gasteiger partial charge in [0.15, 0.2) is 5.65 Å². The number of hydrogen-bond donors (Lipinski definition) is 0. The summed E-state index contributed by atoms with van der Waals surface area (Å²) in [4.78, 5) is 4.16. The van der Waals surface area contributed by atoms with Gasteiger partial charge in [-0.3, -0.25) is 0 Å². The van der Waals surface area contributed by atoms with Crippen LogP contribution in [0.3, 0.4) is 0 Å². The minimum Gasteiger partial charge on any atom is -0.237 e. The molecule has 0 aliphatic carbocycles. The smallest absolute Gasteiger partial charge is 0.237 e. The van der Waals surface area contributed by atoms with Crippen LogP contribution in [0.15, 0.2) is 29.0 Å². The van der Waals surface area contributed by atoms with E-state index in [0.717, 1.165) is 9.86 Å². The Bertz CT molecular complexity index is 676. The fourth-order valence-electron chi connectivity index (χ4n) is 1.71. The Morgan fingerprint density at radius 3 is 2.56 bits per heavy atom. The van der Waals surface area contributed by atoms with Gasteiger partial charge in [-0.15, -0.1) is 0 Å². The van der Waals surface area contributed by atoms with Crippen molar-refractivity contribution >= 4 is 37.0 Å². The fourth-order valence-corrected chi connectivity index (χ4v) is 3.80. The molecule has 0 aromatic carbocycles. The van der Waals surface area contributed by atoms with E-state index < -0.39 is 15.3 Å². The second kappa shape index (κ2) is 4.66. The van der Waals surface area contributed by atoms with E-state index >= 15 is 0 Å². The number of pyridine rings is 1. The quantitative estimate of drug-likeness (QED) is 0.869. The molecular formula is C12H15BrN2O2S. The van der Waals surface area contributed by atoms with Crippen LogP contribution in [0.5, 0.6) is 0 Å². The van der Waals surface area contributed by atoms with E-state index in [2.05, 4.69) is 20.9 Å². The van der Waals surface area contributed by atoms with E-state index in [0.29, 0.717) is 5.65 Å². The van der Waals surface area contributed by atoms with Crippen molar-refractivity contribution < 1.29 is 8.42 Å². The van der Waals surface area contributed by atoms with E-state index in [9.17, 15) is 8.42 Å². The standard InChI is InChI=1S/C12H15BrN2O2S/c1-8(2)9(3)18(16,17)15-7-5-10-11(13)4-6-14-12(10)15/h4-9H,1-3H3. The van der Waals surface area contributed by atoms with Gasteiger partial charge in [-0.2, -0.15) is 0 Å². The summed E-state index contributed by atoms with van der Waals surface area (Å²) in [5.74, 6) is 0.0552. The van der Waals surface area contributed by atoms with Crippen molar-refractivity contribution in [3.05, 3.63) is 29.0 Å². The van der Waals surface area contributed by atoms with Gasteiger partial charge in [0.1, 0.15) is 0 Å². The topological polar surface area (TPSA) is 52.0 Å². The second-order valence-electron chi connectivity index (χ2n) is 4.64. The monoisotopic (exact) mass is 330 g/mol. The third-order valence-corrected chi connectivity index (χ3v) is 6.20. The highest BCUT2D eigenvalue weighted by atomic mass is 79.9. The van der Waals surface area contributed by atoms with Crippen LogP contribution in [-0.2, 0) is 10.0 Å². The third-order valence-electron chi connectivity index (χ3n) is 3.18. The number of halogens is 1. The van der Waals surface area contributed by atoms with Crippen LogP contribution in [-0.4, -0.2) is 22.6 Å². The zero-order valence-corrected chi connectivity index (χ0v) is 12.9. The Hall–Kier alpha value is -0.880. The summed E-state index contributed by atoms with van der Waals surface area (Å²) in [6.45, 7) is 5.53. The van der Waals surface area contributed by atoms with E-state index in [1.54, 1.807) is 31.5 Å². The van der Waals surface area contributed by atoms with E-state index in [4.69, 9.17) is 0 Å². The molecule has 0 bridgehead atoms. The second-order valence-corrected chi connectivity index (χ2v) is 7.66. The van der Waals surface area contributed by atoms with Gasteiger partial charge < -0.3 is 0 Å². The minimum atomic E-state index is -3.40. The number of rotatable bonds is 3. The van der Waals surface area contributed by atoms with Crippen LogP contribution < -0.4 is 0 Å². The molecule has 0 fully saturated rings. The van der Waals surface area contributed by atoms with E-state index in [1.165, 1.54) is 3.97 Å². The van der Waals surface area contributed by atoms with Crippen LogP contribution in [0.4, 0.5) is 0 Å². The van der Waals surface area contributed by atoms with Crippen molar-refractivity contribution in [1.29, 1.82) is 0 Å². The lowest BCUT2D eigenvalue weighted by Crippen LogP contribution is -2.28. The Labute approximate surface area is 115 Å². The molecular weight excluding hydrogens is 316 g/mol. The zero-order chi connectivity index (χ0) is 13.5. The number of aromatic nitrogens is 2. The molecule has 0 radical (unpaired) electrons. The molecule has 2 aromatic heterocycles. The van der Waals surface area contributed by atoms with Crippen molar-refractivity contribution in [2.45, 2.75) is 26.0 Å². The summed E-state index contributed by atoms with van der Waals surface area (Å²) in [6, 6.07) is 3.56. The highest BCUT2D eigenvalue weighted by Gasteiger charge is 2.27. The molecule has 6 heteroatoms. The normalized spacial score (nSPS) is 14.3. The molecule has 2 rings (SSSR count). The first-order valence-electron chi connectivity index (χ1n) is 5.71. The van der Waals surface area contributed by atoms with E-state index in [1.807, 2.05) is 13.8 Å². The summed E-state index contributed by atoms with van der Waals surface area (Å²) in [6.07, 6.45) is 3.16. The van der Waals surface area contributed by atoms with Gasteiger partial charge in [0, 0.05) is 22.3 Å². The predicted molar refractivity (Wildman–Crippen MR) is 76.1 cm³/mol. The maximum atomic E-state index is 12.5. The average Bonchev–Trinajstić information content (AvgIpc) is 2.73. The van der Waals surface area contributed by atoms with Crippen molar-refractivity contribution in [2.75, 3.05) is 0 Å². The molecule has 4 nitrogen and oxygen atoms in total. The summed E-state index contributed by atoms with van der Waals surface area (Å²) in [5, 5.41) is 0.353. The van der Waals surface area contributed by atoms with Gasteiger partial charge in [-0.25, -0.2) is 17.4 Å². The van der Waals surface area contributed by atoms with Gasteiger partial charge in [0.25, 0.3) is 0 Å². The predicted octanol–water partition coefficient (Wildman–Crippen LogP) is 3.02. The molecule has 1 unspecified atom stereocenters. The number of fused-ring (bicyclic) bond motifs is 1. The van der Waals surface area contributed by atoms with Crippen LogP contribution in [0.1, 0.15) is 20.8 Å². The first-order chi connectivity index (χ1) is 8.35. The van der Waals surface area contributed by atoms with Gasteiger partial charge >= 0.3 is 0 Å². The van der Waals surface area contributed by atoms with Crippen molar-refractivity contribution in [2.24, 2.45) is 5.92 Å². The van der Waals surface area contributed by atoms with Gasteiger partial charge in [0.2, 0.25) is 10.0 Å². The highest BCUT2D eigenvalue weighted by molar-refractivity contribution is 9.10. The third kappa shape index (κ3) is 2.07. The zero-order valence-electron chi connectivity index (χ0n) is 10.5. The summed E-state index contributed by atoms with van der Waals surface area (Å²) >= 11 is 3.39. The molecule has 0 saturated heterocycles. The van der Waals surface area contributed by atoms with Gasteiger partial charge in [-0.1, -0.05) is 13.8 Å². The molecule has 1 atom stereocenters. The van der Waals surface area contributed by atoms with Crippen molar-refractivity contribution in [3.8, 4) is 0 Å². The highest BCUT2D eigenvalue weighted by Crippen LogP contribution is 2.26. The molecule has 0 N–H and O–H groups in total. The SMILES string of the molecule is CC(C)C(C)S(=O)(=O)n1ccc2c(Br)ccnc21.